The number of anilines is 1. The standard InChI is InChI=1S/C17H15N3S/c1-11-6-7-15-13(10-11)16(20-17-18-8-9-21-17)12-4-2-3-5-14(12)19-15/h2-7,10H,8-9H2,1H3,(H,18,19,20). The Bertz CT molecular complexity index is 870. The zero-order valence-electron chi connectivity index (χ0n) is 11.8. The highest BCUT2D eigenvalue weighted by atomic mass is 32.2. The van der Waals surface area contributed by atoms with Crippen molar-refractivity contribution in [3.05, 3.63) is 48.0 Å². The SMILES string of the molecule is Cc1ccc2nc3ccccc3c(NC3=NCCS3)c2c1. The van der Waals surface area contributed by atoms with Gasteiger partial charge in [-0.25, -0.2) is 4.98 Å². The smallest absolute Gasteiger partial charge is 0.161 e. The van der Waals surface area contributed by atoms with Crippen LogP contribution in [0.25, 0.3) is 21.8 Å². The molecule has 1 N–H and O–H groups in total. The molecule has 0 bridgehead atoms. The molecule has 104 valence electrons. The largest absolute Gasteiger partial charge is 0.334 e. The van der Waals surface area contributed by atoms with Crippen molar-refractivity contribution in [2.45, 2.75) is 6.92 Å². The lowest BCUT2D eigenvalue weighted by molar-refractivity contribution is 1.17. The first-order valence-corrected chi connectivity index (χ1v) is 8.03. The molecule has 0 amide bonds. The average molecular weight is 293 g/mol. The van der Waals surface area contributed by atoms with Gasteiger partial charge in [-0.3, -0.25) is 4.99 Å². The van der Waals surface area contributed by atoms with E-state index >= 15 is 0 Å². The fourth-order valence-electron chi connectivity index (χ4n) is 2.66. The molecule has 0 atom stereocenters. The predicted octanol–water partition coefficient (Wildman–Crippen LogP) is 4.21. The van der Waals surface area contributed by atoms with E-state index in [1.54, 1.807) is 11.8 Å². The van der Waals surface area contributed by atoms with Crippen LogP contribution in [-0.4, -0.2) is 22.4 Å². The number of amidine groups is 1. The minimum Gasteiger partial charge on any atom is -0.334 e. The Morgan fingerprint density at radius 1 is 1.05 bits per heavy atom. The highest BCUT2D eigenvalue weighted by molar-refractivity contribution is 8.14. The number of rotatable bonds is 1. The molecular formula is C17H15N3S. The quantitative estimate of drug-likeness (QED) is 0.683. The summed E-state index contributed by atoms with van der Waals surface area (Å²) in [5, 5.41) is 6.84. The Morgan fingerprint density at radius 3 is 2.76 bits per heavy atom. The second-order valence-electron chi connectivity index (χ2n) is 5.18. The average Bonchev–Trinajstić information content (AvgIpc) is 3.01. The molecule has 1 aliphatic heterocycles. The zero-order chi connectivity index (χ0) is 14.2. The minimum atomic E-state index is 0.896. The molecule has 3 aromatic rings. The number of fused-ring (bicyclic) bond motifs is 2. The van der Waals surface area contributed by atoms with Crippen molar-refractivity contribution in [3.8, 4) is 0 Å². The molecule has 0 radical (unpaired) electrons. The predicted molar refractivity (Wildman–Crippen MR) is 92.4 cm³/mol. The zero-order valence-corrected chi connectivity index (χ0v) is 12.6. The first kappa shape index (κ1) is 12.7. The number of aliphatic imine (C=N–C) groups is 1. The Kier molecular flexibility index (Phi) is 3.04. The first-order valence-electron chi connectivity index (χ1n) is 7.05. The Hall–Kier alpha value is -2.07. The number of nitrogens with one attached hydrogen (secondary N) is 1. The second kappa shape index (κ2) is 5.04. The highest BCUT2D eigenvalue weighted by Gasteiger charge is 2.13. The van der Waals surface area contributed by atoms with Gasteiger partial charge in [-0.15, -0.1) is 0 Å². The fraction of sp³-hybridized carbons (Fsp3) is 0.176. The fourth-order valence-corrected chi connectivity index (χ4v) is 3.39. The van der Waals surface area contributed by atoms with E-state index in [0.717, 1.165) is 45.0 Å². The number of nitrogens with zero attached hydrogens (tertiary/aromatic N) is 2. The molecule has 0 unspecified atom stereocenters. The maximum absolute atomic E-state index is 4.77. The molecule has 3 nitrogen and oxygen atoms in total. The summed E-state index contributed by atoms with van der Waals surface area (Å²) in [6.45, 7) is 3.01. The van der Waals surface area contributed by atoms with Gasteiger partial charge in [0.1, 0.15) is 0 Å². The van der Waals surface area contributed by atoms with Gasteiger partial charge in [0.15, 0.2) is 5.17 Å². The number of hydrogen-bond acceptors (Lipinski definition) is 4. The molecule has 0 saturated heterocycles. The van der Waals surface area contributed by atoms with Gasteiger partial charge in [0, 0.05) is 16.5 Å². The van der Waals surface area contributed by atoms with Crippen LogP contribution in [0.5, 0.6) is 0 Å². The third-order valence-corrected chi connectivity index (χ3v) is 4.54. The van der Waals surface area contributed by atoms with Crippen LogP contribution in [0.3, 0.4) is 0 Å². The summed E-state index contributed by atoms with van der Waals surface area (Å²) >= 11 is 1.78. The van der Waals surface area contributed by atoms with E-state index in [4.69, 9.17) is 4.98 Å². The van der Waals surface area contributed by atoms with E-state index in [1.165, 1.54) is 5.56 Å². The number of para-hydroxylation sites is 1. The van der Waals surface area contributed by atoms with Crippen molar-refractivity contribution < 1.29 is 0 Å². The highest BCUT2D eigenvalue weighted by Crippen LogP contribution is 2.32. The number of thioether (sulfide) groups is 1. The van der Waals surface area contributed by atoms with Crippen LogP contribution in [0.2, 0.25) is 0 Å². The van der Waals surface area contributed by atoms with E-state index in [0.29, 0.717) is 0 Å². The number of benzene rings is 2. The summed E-state index contributed by atoms with van der Waals surface area (Å²) in [5.74, 6) is 1.06. The summed E-state index contributed by atoms with van der Waals surface area (Å²) in [5.41, 5.74) is 4.39. The number of pyridine rings is 1. The van der Waals surface area contributed by atoms with E-state index in [9.17, 15) is 0 Å². The number of aromatic nitrogens is 1. The van der Waals surface area contributed by atoms with Crippen molar-refractivity contribution in [1.82, 2.24) is 4.98 Å². The summed E-state index contributed by atoms with van der Waals surface area (Å²) in [4.78, 5) is 9.28. The van der Waals surface area contributed by atoms with Gasteiger partial charge in [-0.1, -0.05) is 41.6 Å². The monoisotopic (exact) mass is 293 g/mol. The molecule has 2 aromatic carbocycles. The van der Waals surface area contributed by atoms with Crippen LogP contribution in [0.15, 0.2) is 47.5 Å². The normalized spacial score (nSPS) is 14.6. The lowest BCUT2D eigenvalue weighted by atomic mass is 10.1. The van der Waals surface area contributed by atoms with E-state index in [1.807, 2.05) is 6.07 Å². The van der Waals surface area contributed by atoms with Crippen LogP contribution < -0.4 is 5.32 Å². The molecule has 1 aliphatic rings. The summed E-state index contributed by atoms with van der Waals surface area (Å²) in [6.07, 6.45) is 0. The maximum Gasteiger partial charge on any atom is 0.161 e. The molecule has 0 saturated carbocycles. The van der Waals surface area contributed by atoms with Crippen molar-refractivity contribution in [2.75, 3.05) is 17.6 Å². The van der Waals surface area contributed by atoms with Gasteiger partial charge in [0.05, 0.1) is 23.3 Å². The summed E-state index contributed by atoms with van der Waals surface area (Å²) < 4.78 is 0. The molecule has 0 spiro atoms. The molecule has 0 aliphatic carbocycles. The van der Waals surface area contributed by atoms with Crippen LogP contribution in [0.4, 0.5) is 5.69 Å². The number of aryl methyl sites for hydroxylation is 1. The lowest BCUT2D eigenvalue weighted by Gasteiger charge is -2.13. The lowest BCUT2D eigenvalue weighted by Crippen LogP contribution is -2.06. The van der Waals surface area contributed by atoms with Gasteiger partial charge in [0.2, 0.25) is 0 Å². The van der Waals surface area contributed by atoms with Crippen molar-refractivity contribution in [1.29, 1.82) is 0 Å². The van der Waals surface area contributed by atoms with Gasteiger partial charge in [-0.2, -0.15) is 0 Å². The molecule has 21 heavy (non-hydrogen) atoms. The maximum atomic E-state index is 4.77. The number of hydrogen-bond donors (Lipinski definition) is 1. The van der Waals surface area contributed by atoms with Crippen molar-refractivity contribution in [2.24, 2.45) is 4.99 Å². The van der Waals surface area contributed by atoms with Crippen LogP contribution in [-0.2, 0) is 0 Å². The third kappa shape index (κ3) is 2.25. The van der Waals surface area contributed by atoms with E-state index < -0.39 is 0 Å². The Labute approximate surface area is 127 Å². The van der Waals surface area contributed by atoms with Gasteiger partial charge < -0.3 is 5.32 Å². The van der Waals surface area contributed by atoms with Crippen molar-refractivity contribution in [3.63, 3.8) is 0 Å². The Morgan fingerprint density at radius 2 is 1.90 bits per heavy atom. The molecule has 0 fully saturated rings. The summed E-state index contributed by atoms with van der Waals surface area (Å²) in [6, 6.07) is 14.6. The van der Waals surface area contributed by atoms with Crippen molar-refractivity contribution >= 4 is 44.4 Å². The topological polar surface area (TPSA) is 37.3 Å². The van der Waals surface area contributed by atoms with Crippen LogP contribution in [0.1, 0.15) is 5.56 Å². The third-order valence-electron chi connectivity index (χ3n) is 3.65. The van der Waals surface area contributed by atoms with Gasteiger partial charge >= 0.3 is 0 Å². The summed E-state index contributed by atoms with van der Waals surface area (Å²) in [7, 11) is 0. The molecule has 2 heterocycles. The minimum absolute atomic E-state index is 0.896. The van der Waals surface area contributed by atoms with E-state index in [-0.39, 0.29) is 0 Å². The first-order chi connectivity index (χ1) is 10.3. The molecule has 4 rings (SSSR count). The Balaban J connectivity index is 2.02. The molecule has 1 aromatic heterocycles. The molecular weight excluding hydrogens is 278 g/mol. The second-order valence-corrected chi connectivity index (χ2v) is 6.27. The van der Waals surface area contributed by atoms with Crippen LogP contribution >= 0.6 is 11.8 Å². The van der Waals surface area contributed by atoms with Gasteiger partial charge in [-0.05, 0) is 25.1 Å². The van der Waals surface area contributed by atoms with Crippen LogP contribution in [0, 0.1) is 6.92 Å². The van der Waals surface area contributed by atoms with Gasteiger partial charge in [0.25, 0.3) is 0 Å². The van der Waals surface area contributed by atoms with E-state index in [2.05, 4.69) is 53.6 Å². The molecule has 4 heteroatoms.